The van der Waals surface area contributed by atoms with Gasteiger partial charge in [0, 0.05) is 39.3 Å². The zero-order chi connectivity index (χ0) is 20.8. The smallest absolute Gasteiger partial charge is 0.273 e. The molecular weight excluding hydrogens is 376 g/mol. The number of piperazine rings is 1. The summed E-state index contributed by atoms with van der Waals surface area (Å²) < 4.78 is 5.55. The molecule has 1 amide bonds. The van der Waals surface area contributed by atoms with E-state index in [1.54, 1.807) is 0 Å². The maximum absolute atomic E-state index is 12.4. The van der Waals surface area contributed by atoms with Crippen molar-refractivity contribution < 1.29 is 9.21 Å². The molecule has 156 valence electrons. The first-order valence-electron chi connectivity index (χ1n) is 10.4. The van der Waals surface area contributed by atoms with Gasteiger partial charge in [0.25, 0.3) is 5.91 Å². The molecule has 0 bridgehead atoms. The molecule has 1 aliphatic rings. The van der Waals surface area contributed by atoms with Crippen molar-refractivity contribution in [3.63, 3.8) is 0 Å². The lowest BCUT2D eigenvalue weighted by Gasteiger charge is -2.34. The van der Waals surface area contributed by atoms with Gasteiger partial charge in [0.15, 0.2) is 5.69 Å². The number of hydrogen-bond acceptors (Lipinski definition) is 5. The molecule has 30 heavy (non-hydrogen) atoms. The summed E-state index contributed by atoms with van der Waals surface area (Å²) in [6.07, 6.45) is 1.45. The molecule has 0 saturated carbocycles. The van der Waals surface area contributed by atoms with Crippen LogP contribution in [0.3, 0.4) is 0 Å². The van der Waals surface area contributed by atoms with E-state index in [4.69, 9.17) is 4.42 Å². The van der Waals surface area contributed by atoms with Crippen LogP contribution in [0.5, 0.6) is 0 Å². The third-order valence-electron chi connectivity index (χ3n) is 5.39. The number of rotatable bonds is 7. The van der Waals surface area contributed by atoms with Crippen LogP contribution in [0.2, 0.25) is 0 Å². The maximum atomic E-state index is 12.4. The molecule has 1 fully saturated rings. The Bertz CT molecular complexity index is 962. The highest BCUT2D eigenvalue weighted by Gasteiger charge is 2.20. The molecule has 6 nitrogen and oxygen atoms in total. The fourth-order valence-electron chi connectivity index (χ4n) is 3.72. The predicted molar refractivity (Wildman–Crippen MR) is 116 cm³/mol. The molecule has 0 unspecified atom stereocenters. The summed E-state index contributed by atoms with van der Waals surface area (Å²) in [7, 11) is 0. The molecule has 0 aliphatic carbocycles. The topological polar surface area (TPSA) is 61.6 Å². The number of amides is 1. The van der Waals surface area contributed by atoms with Gasteiger partial charge in [-0.25, -0.2) is 4.98 Å². The van der Waals surface area contributed by atoms with Crippen LogP contribution in [0.4, 0.5) is 0 Å². The second-order valence-corrected chi connectivity index (χ2v) is 7.84. The Labute approximate surface area is 177 Å². The summed E-state index contributed by atoms with van der Waals surface area (Å²) in [6.45, 7) is 8.08. The minimum Gasteiger partial charge on any atom is -0.447 e. The van der Waals surface area contributed by atoms with Crippen molar-refractivity contribution in [2.75, 3.05) is 26.2 Å². The van der Waals surface area contributed by atoms with Crippen molar-refractivity contribution in [3.05, 3.63) is 89.1 Å². The van der Waals surface area contributed by atoms with E-state index in [1.165, 1.54) is 17.4 Å². The highest BCUT2D eigenvalue weighted by atomic mass is 16.3. The zero-order valence-electron chi connectivity index (χ0n) is 17.4. The summed E-state index contributed by atoms with van der Waals surface area (Å²) in [5.41, 5.74) is 3.93. The molecule has 0 radical (unpaired) electrons. The molecule has 1 saturated heterocycles. The quantitative estimate of drug-likeness (QED) is 0.655. The number of aromatic nitrogens is 1. The van der Waals surface area contributed by atoms with Crippen LogP contribution in [0.15, 0.2) is 65.3 Å². The molecular formula is C24H28N4O2. The number of carbonyl (C=O) groups excluding carboxylic acids is 1. The van der Waals surface area contributed by atoms with Crippen LogP contribution in [0.1, 0.15) is 33.1 Å². The fourth-order valence-corrected chi connectivity index (χ4v) is 3.72. The average Bonchev–Trinajstić information content (AvgIpc) is 3.23. The minimum atomic E-state index is -0.209. The van der Waals surface area contributed by atoms with Gasteiger partial charge in [0.2, 0.25) is 5.89 Å². The van der Waals surface area contributed by atoms with E-state index in [1.807, 2.05) is 25.1 Å². The van der Waals surface area contributed by atoms with Crippen LogP contribution in [-0.4, -0.2) is 46.9 Å². The molecule has 2 heterocycles. The van der Waals surface area contributed by atoms with Gasteiger partial charge in [0.1, 0.15) is 6.26 Å². The van der Waals surface area contributed by atoms with E-state index in [9.17, 15) is 4.79 Å². The predicted octanol–water partition coefficient (Wildman–Crippen LogP) is 3.23. The highest BCUT2D eigenvalue weighted by molar-refractivity contribution is 5.91. The van der Waals surface area contributed by atoms with Gasteiger partial charge in [-0.15, -0.1) is 0 Å². The summed E-state index contributed by atoms with van der Waals surface area (Å²) in [5.74, 6) is 0.381. The van der Waals surface area contributed by atoms with E-state index >= 15 is 0 Å². The number of benzene rings is 2. The van der Waals surface area contributed by atoms with Crippen LogP contribution < -0.4 is 5.32 Å². The Morgan fingerprint density at radius 3 is 2.40 bits per heavy atom. The first kappa shape index (κ1) is 20.3. The molecule has 2 aromatic carbocycles. The zero-order valence-corrected chi connectivity index (χ0v) is 17.4. The Morgan fingerprint density at radius 2 is 1.67 bits per heavy atom. The first-order valence-corrected chi connectivity index (χ1v) is 10.4. The summed E-state index contributed by atoms with van der Waals surface area (Å²) in [6, 6.07) is 18.7. The summed E-state index contributed by atoms with van der Waals surface area (Å²) in [5, 5.41) is 2.91. The van der Waals surface area contributed by atoms with Crippen molar-refractivity contribution in [2.24, 2.45) is 0 Å². The van der Waals surface area contributed by atoms with Crippen LogP contribution in [0, 0.1) is 6.92 Å². The van der Waals surface area contributed by atoms with E-state index in [2.05, 4.69) is 56.5 Å². The number of nitrogens with zero attached hydrogens (tertiary/aromatic N) is 3. The van der Waals surface area contributed by atoms with Crippen LogP contribution >= 0.6 is 0 Å². The lowest BCUT2D eigenvalue weighted by atomic mass is 10.1. The molecule has 0 atom stereocenters. The van der Waals surface area contributed by atoms with Crippen molar-refractivity contribution in [1.29, 1.82) is 0 Å². The van der Waals surface area contributed by atoms with E-state index < -0.39 is 0 Å². The molecule has 6 heteroatoms. The number of nitrogens with one attached hydrogen (secondary N) is 1. The van der Waals surface area contributed by atoms with Gasteiger partial charge in [-0.1, -0.05) is 60.2 Å². The summed E-state index contributed by atoms with van der Waals surface area (Å²) >= 11 is 0. The number of hydrogen-bond donors (Lipinski definition) is 1. The van der Waals surface area contributed by atoms with Crippen molar-refractivity contribution in [3.8, 4) is 0 Å². The van der Waals surface area contributed by atoms with Gasteiger partial charge in [-0.05, 0) is 18.1 Å². The van der Waals surface area contributed by atoms with E-state index in [-0.39, 0.29) is 5.91 Å². The van der Waals surface area contributed by atoms with Gasteiger partial charge in [-0.2, -0.15) is 0 Å². The van der Waals surface area contributed by atoms with Gasteiger partial charge >= 0.3 is 0 Å². The van der Waals surface area contributed by atoms with Gasteiger partial charge in [0.05, 0.1) is 6.54 Å². The molecule has 1 N–H and O–H groups in total. The number of aryl methyl sites for hydroxylation is 1. The van der Waals surface area contributed by atoms with Crippen molar-refractivity contribution >= 4 is 5.91 Å². The Kier molecular flexibility index (Phi) is 6.57. The Morgan fingerprint density at radius 1 is 0.967 bits per heavy atom. The van der Waals surface area contributed by atoms with Crippen LogP contribution in [0.25, 0.3) is 0 Å². The van der Waals surface area contributed by atoms with Gasteiger partial charge < -0.3 is 9.73 Å². The fraction of sp³-hybridized carbons (Fsp3) is 0.333. The largest absolute Gasteiger partial charge is 0.447 e. The second kappa shape index (κ2) is 9.69. The lowest BCUT2D eigenvalue weighted by Crippen LogP contribution is -2.45. The van der Waals surface area contributed by atoms with Crippen molar-refractivity contribution in [1.82, 2.24) is 20.1 Å². The third-order valence-corrected chi connectivity index (χ3v) is 5.39. The monoisotopic (exact) mass is 404 g/mol. The highest BCUT2D eigenvalue weighted by Crippen LogP contribution is 2.12. The average molecular weight is 405 g/mol. The van der Waals surface area contributed by atoms with E-state index in [0.29, 0.717) is 24.7 Å². The molecule has 0 spiro atoms. The van der Waals surface area contributed by atoms with Gasteiger partial charge in [-0.3, -0.25) is 14.6 Å². The van der Waals surface area contributed by atoms with Crippen LogP contribution in [-0.2, 0) is 19.6 Å². The first-order chi connectivity index (χ1) is 14.7. The van der Waals surface area contributed by atoms with Crippen molar-refractivity contribution in [2.45, 2.75) is 26.6 Å². The Hall–Kier alpha value is -2.96. The standard InChI is InChI=1S/C24H28N4O2/c1-19-6-5-9-21(14-19)15-25-24(29)22-18-30-23(26-22)17-28-12-10-27(11-13-28)16-20-7-3-2-4-8-20/h2-9,14,18H,10-13,15-17H2,1H3,(H,25,29). The Balaban J connectivity index is 1.23. The molecule has 1 aromatic heterocycles. The molecule has 1 aliphatic heterocycles. The summed E-state index contributed by atoms with van der Waals surface area (Å²) in [4.78, 5) is 21.5. The molecule has 4 rings (SSSR count). The maximum Gasteiger partial charge on any atom is 0.273 e. The second-order valence-electron chi connectivity index (χ2n) is 7.84. The normalized spacial score (nSPS) is 15.2. The number of carbonyl (C=O) groups is 1. The molecule has 3 aromatic rings. The van der Waals surface area contributed by atoms with E-state index in [0.717, 1.165) is 38.3 Å². The SMILES string of the molecule is Cc1cccc(CNC(=O)c2coc(CN3CCN(Cc4ccccc4)CC3)n2)c1. The minimum absolute atomic E-state index is 0.209. The lowest BCUT2D eigenvalue weighted by molar-refractivity contribution is 0.0945. The number of oxazole rings is 1. The third kappa shape index (κ3) is 5.55.